The van der Waals surface area contributed by atoms with Gasteiger partial charge >= 0.3 is 11.9 Å². The largest absolute Gasteiger partial charge is 0.506 e. The van der Waals surface area contributed by atoms with Crippen molar-refractivity contribution in [1.29, 1.82) is 0 Å². The van der Waals surface area contributed by atoms with E-state index in [1.807, 2.05) is 0 Å². The predicted molar refractivity (Wildman–Crippen MR) is 132 cm³/mol. The minimum absolute atomic E-state index is 0. The fourth-order valence-corrected chi connectivity index (χ4v) is 7.85. The van der Waals surface area contributed by atoms with Crippen LogP contribution in [0.4, 0.5) is 5.69 Å². The van der Waals surface area contributed by atoms with E-state index in [0.29, 0.717) is 30.7 Å². The molecular formula is C27H36N2O8. The number of carbonyl (C=O) groups is 3. The van der Waals surface area contributed by atoms with Crippen LogP contribution in [-0.2, 0) is 26.2 Å². The molecule has 0 aromatic heterocycles. The second-order valence-corrected chi connectivity index (χ2v) is 11.8. The van der Waals surface area contributed by atoms with Gasteiger partial charge in [-0.05, 0) is 37.3 Å². The third kappa shape index (κ3) is 3.48. The highest BCUT2D eigenvalue weighted by Crippen LogP contribution is 2.66. The summed E-state index contributed by atoms with van der Waals surface area (Å²) in [5.74, 6) is -1.79. The molecule has 6 atom stereocenters. The lowest BCUT2D eigenvalue weighted by Gasteiger charge is -2.64. The number of phenolic OH excluding ortho intramolecular Hbond substituents is 1. The zero-order valence-corrected chi connectivity index (χ0v) is 21.3. The van der Waals surface area contributed by atoms with Crippen LogP contribution in [0.1, 0.15) is 56.1 Å². The first kappa shape index (κ1) is 25.8. The third-order valence-corrected chi connectivity index (χ3v) is 9.66. The lowest BCUT2D eigenvalue weighted by molar-refractivity contribution is -0.950. The summed E-state index contributed by atoms with van der Waals surface area (Å²) in [6.07, 6.45) is 2.61. The number of hydrogen-bond acceptors (Lipinski definition) is 7. The van der Waals surface area contributed by atoms with E-state index < -0.39 is 35.1 Å². The number of ether oxygens (including phenoxy) is 1. The smallest absolute Gasteiger partial charge is 0.326 e. The molecule has 1 aromatic rings. The number of hydrogen-bond donors (Lipinski definition) is 5. The summed E-state index contributed by atoms with van der Waals surface area (Å²) in [4.78, 5) is 36.1. The number of carboxylic acids is 2. The second kappa shape index (κ2) is 8.33. The van der Waals surface area contributed by atoms with E-state index in [1.165, 1.54) is 12.8 Å². The molecule has 202 valence electrons. The van der Waals surface area contributed by atoms with Gasteiger partial charge in [-0.1, -0.05) is 0 Å². The molecule has 5 N–H and O–H groups in total. The van der Waals surface area contributed by atoms with Gasteiger partial charge in [-0.2, -0.15) is 0 Å². The SMILES string of the molecule is C[N@+]1(CC2CC2)CC[C@]23c4c5cc(O)c(N[C@@H](CCC(=O)O)C(=O)O)c4O[C@H]2C(=O)CC[C@@]3(O)[C@H]1C5.[CH3-]. The van der Waals surface area contributed by atoms with Crippen molar-refractivity contribution in [3.05, 3.63) is 24.6 Å². The number of carboxylic acid groups (broad SMARTS) is 2. The van der Waals surface area contributed by atoms with Crippen molar-refractivity contribution in [2.24, 2.45) is 5.92 Å². The maximum absolute atomic E-state index is 13.2. The molecule has 5 aliphatic rings. The number of phenols is 1. The van der Waals surface area contributed by atoms with Crippen molar-refractivity contribution >= 4 is 23.4 Å². The van der Waals surface area contributed by atoms with E-state index >= 15 is 0 Å². The molecule has 2 saturated carbocycles. The summed E-state index contributed by atoms with van der Waals surface area (Å²) in [5.41, 5.74) is -0.516. The first-order valence-electron chi connectivity index (χ1n) is 12.9. The Morgan fingerprint density at radius 3 is 2.65 bits per heavy atom. The monoisotopic (exact) mass is 516 g/mol. The van der Waals surface area contributed by atoms with Crippen LogP contribution >= 0.6 is 0 Å². The maximum Gasteiger partial charge on any atom is 0.326 e. The Morgan fingerprint density at radius 1 is 1.27 bits per heavy atom. The van der Waals surface area contributed by atoms with E-state index in [2.05, 4.69) is 12.4 Å². The number of aliphatic hydroxyl groups is 1. The molecule has 3 fully saturated rings. The number of aromatic hydroxyl groups is 1. The second-order valence-electron chi connectivity index (χ2n) is 11.8. The Balaban J connectivity index is 0.00000280. The van der Waals surface area contributed by atoms with Gasteiger partial charge in [-0.15, -0.1) is 0 Å². The van der Waals surface area contributed by atoms with Crippen LogP contribution in [0, 0.1) is 13.3 Å². The standard InChI is InChI=1S/C26H32N2O8.CH3/c1-28(12-13-2-3-13)9-8-25-20-14-10-17(30)21(27-15(24(33)34)4-5-19(31)32)22(20)36-23(25)16(29)6-7-26(25,35)18(28)11-14;/h10,13,15,18,23,27,35H,2-9,11-12H2,1H3,(H2-,30,31,32,33,34);1H3/q;-1/p+1/t15-,18+,23-,25-,26+,28+;/m0./s1. The molecule has 0 radical (unpaired) electrons. The van der Waals surface area contributed by atoms with Crippen LogP contribution in [0.5, 0.6) is 11.5 Å². The maximum atomic E-state index is 13.2. The number of quaternary nitrogens is 1. The highest BCUT2D eigenvalue weighted by Gasteiger charge is 2.76. The van der Waals surface area contributed by atoms with Crippen LogP contribution in [0.15, 0.2) is 6.07 Å². The Bertz CT molecular complexity index is 1180. The fourth-order valence-electron chi connectivity index (χ4n) is 7.85. The molecule has 1 spiro atoms. The Hall–Kier alpha value is -2.85. The topological polar surface area (TPSA) is 153 Å². The average Bonchev–Trinajstić information content (AvgIpc) is 3.53. The lowest BCUT2D eigenvalue weighted by Crippen LogP contribution is -2.80. The number of likely N-dealkylation sites (tertiary alicyclic amines) is 1. The van der Waals surface area contributed by atoms with Crippen molar-refractivity contribution in [3.63, 3.8) is 0 Å². The number of ketones is 1. The number of benzene rings is 1. The van der Waals surface area contributed by atoms with Crippen LogP contribution in [-0.4, -0.2) is 86.6 Å². The number of rotatable bonds is 8. The van der Waals surface area contributed by atoms with Crippen molar-refractivity contribution in [2.75, 3.05) is 25.5 Å². The molecular weight excluding hydrogens is 480 g/mol. The Kier molecular flexibility index (Phi) is 5.80. The summed E-state index contributed by atoms with van der Waals surface area (Å²) < 4.78 is 7.02. The summed E-state index contributed by atoms with van der Waals surface area (Å²) in [6.45, 7) is 1.79. The zero-order chi connectivity index (χ0) is 25.6. The van der Waals surface area contributed by atoms with Gasteiger partial charge in [0.05, 0.1) is 25.6 Å². The van der Waals surface area contributed by atoms with E-state index in [1.54, 1.807) is 6.07 Å². The number of aliphatic carboxylic acids is 2. The molecule has 1 saturated heterocycles. The Labute approximate surface area is 215 Å². The Morgan fingerprint density at radius 2 is 2.00 bits per heavy atom. The van der Waals surface area contributed by atoms with Gasteiger partial charge in [0, 0.05) is 37.2 Å². The van der Waals surface area contributed by atoms with E-state index in [-0.39, 0.29) is 55.7 Å². The molecule has 10 nitrogen and oxygen atoms in total. The molecule has 2 bridgehead atoms. The van der Waals surface area contributed by atoms with E-state index in [9.17, 15) is 29.7 Å². The molecule has 2 heterocycles. The number of piperidine rings is 1. The summed E-state index contributed by atoms with van der Waals surface area (Å²) in [7, 11) is 2.21. The van der Waals surface area contributed by atoms with Crippen LogP contribution < -0.4 is 10.1 Å². The van der Waals surface area contributed by atoms with Crippen molar-refractivity contribution in [3.8, 4) is 11.5 Å². The number of nitrogens with one attached hydrogen (secondary N) is 1. The number of anilines is 1. The number of carbonyl (C=O) groups excluding carboxylic acids is 1. The number of Topliss-reactive ketones (excluding diaryl/α,β-unsaturated/α-hetero) is 1. The fraction of sp³-hybridized carbons (Fsp3) is 0.630. The molecule has 37 heavy (non-hydrogen) atoms. The van der Waals surface area contributed by atoms with Gasteiger partial charge in [0.15, 0.2) is 17.6 Å². The first-order valence-corrected chi connectivity index (χ1v) is 12.9. The first-order chi connectivity index (χ1) is 17.0. The minimum Gasteiger partial charge on any atom is -0.506 e. The molecule has 6 rings (SSSR count). The molecule has 0 unspecified atom stereocenters. The van der Waals surface area contributed by atoms with Gasteiger partial charge < -0.3 is 42.4 Å². The summed E-state index contributed by atoms with van der Waals surface area (Å²) in [5, 5.41) is 45.0. The highest BCUT2D eigenvalue weighted by atomic mass is 16.5. The highest BCUT2D eigenvalue weighted by molar-refractivity contribution is 5.92. The van der Waals surface area contributed by atoms with Gasteiger partial charge in [0.25, 0.3) is 0 Å². The van der Waals surface area contributed by atoms with E-state index in [0.717, 1.165) is 23.1 Å². The van der Waals surface area contributed by atoms with Crippen molar-refractivity contribution in [1.82, 2.24) is 0 Å². The quantitative estimate of drug-likeness (QED) is 0.198. The van der Waals surface area contributed by atoms with Crippen molar-refractivity contribution in [2.45, 2.75) is 80.6 Å². The number of likely N-dealkylation sites (N-methyl/N-ethyl adjacent to an activating group) is 1. The lowest BCUT2D eigenvalue weighted by atomic mass is 9.48. The normalized spacial score (nSPS) is 35.6. The van der Waals surface area contributed by atoms with Crippen molar-refractivity contribution < 1.29 is 44.0 Å². The average molecular weight is 517 g/mol. The van der Waals surface area contributed by atoms with Gasteiger partial charge in [0.1, 0.15) is 29.1 Å². The molecule has 3 aliphatic carbocycles. The van der Waals surface area contributed by atoms with Crippen LogP contribution in [0.2, 0.25) is 0 Å². The molecule has 0 amide bonds. The predicted octanol–water partition coefficient (Wildman–Crippen LogP) is 1.85. The van der Waals surface area contributed by atoms with Gasteiger partial charge in [0.2, 0.25) is 0 Å². The summed E-state index contributed by atoms with van der Waals surface area (Å²) >= 11 is 0. The molecule has 10 heteroatoms. The number of nitrogens with zero attached hydrogens (tertiary/aromatic N) is 1. The van der Waals surface area contributed by atoms with Crippen LogP contribution in [0.3, 0.4) is 0 Å². The molecule has 1 aromatic carbocycles. The van der Waals surface area contributed by atoms with Gasteiger partial charge in [-0.3, -0.25) is 9.59 Å². The summed E-state index contributed by atoms with van der Waals surface area (Å²) in [6, 6.07) is 0.203. The van der Waals surface area contributed by atoms with Crippen LogP contribution in [0.25, 0.3) is 0 Å². The van der Waals surface area contributed by atoms with E-state index in [4.69, 9.17) is 9.84 Å². The minimum atomic E-state index is -1.28. The van der Waals surface area contributed by atoms with Gasteiger partial charge in [-0.25, -0.2) is 4.79 Å². The zero-order valence-electron chi connectivity index (χ0n) is 21.3. The third-order valence-electron chi connectivity index (χ3n) is 9.66. The molecule has 2 aliphatic heterocycles.